The van der Waals surface area contributed by atoms with E-state index in [0.29, 0.717) is 11.3 Å². The van der Waals surface area contributed by atoms with Crippen molar-refractivity contribution in [2.45, 2.75) is 31.8 Å². The van der Waals surface area contributed by atoms with Gasteiger partial charge in [-0.3, -0.25) is 4.79 Å². The van der Waals surface area contributed by atoms with E-state index in [9.17, 15) is 18.0 Å². The van der Waals surface area contributed by atoms with Crippen LogP contribution in [0.3, 0.4) is 0 Å². The van der Waals surface area contributed by atoms with E-state index in [1.807, 2.05) is 24.3 Å². The van der Waals surface area contributed by atoms with E-state index in [1.165, 1.54) is 26.0 Å². The van der Waals surface area contributed by atoms with Gasteiger partial charge in [0.05, 0.1) is 16.2 Å². The molecular weight excluding hydrogens is 378 g/mol. The first-order valence-electron chi connectivity index (χ1n) is 8.90. The predicted molar refractivity (Wildman–Crippen MR) is 106 cm³/mol. The first-order valence-corrected chi connectivity index (χ1v) is 10.6. The van der Waals surface area contributed by atoms with Gasteiger partial charge in [0.15, 0.2) is 15.9 Å². The quantitative estimate of drug-likeness (QED) is 0.504. The highest BCUT2D eigenvalue weighted by Gasteiger charge is 2.27. The molecule has 0 spiro atoms. The number of aryl methyl sites for hydroxylation is 1. The fourth-order valence-corrected chi connectivity index (χ4v) is 4.22. The molecule has 3 aromatic rings. The summed E-state index contributed by atoms with van der Waals surface area (Å²) in [6.45, 7) is 4.77. The lowest BCUT2D eigenvalue weighted by atomic mass is 10.0. The molecule has 0 radical (unpaired) electrons. The first-order chi connectivity index (χ1) is 13.3. The number of ketones is 1. The molecule has 0 amide bonds. The lowest BCUT2D eigenvalue weighted by molar-refractivity contribution is 0.0315. The summed E-state index contributed by atoms with van der Waals surface area (Å²) in [5.41, 5.74) is 1.90. The molecule has 0 fully saturated rings. The average Bonchev–Trinajstić information content (AvgIpc) is 3.02. The molecule has 0 aliphatic carbocycles. The molecule has 0 saturated heterocycles. The minimum absolute atomic E-state index is 0.0698. The minimum atomic E-state index is -3.60. The maximum Gasteiger partial charge on any atom is 0.340 e. The number of hydrogen-bond acceptors (Lipinski definition) is 5. The normalized spacial score (nSPS) is 12.7. The van der Waals surface area contributed by atoms with Crippen LogP contribution >= 0.6 is 0 Å². The topological polar surface area (TPSA) is 93.3 Å². The molecule has 1 N–H and O–H groups in total. The number of fused-ring (bicyclic) bond motifs is 1. The van der Waals surface area contributed by atoms with E-state index in [-0.39, 0.29) is 22.0 Å². The maximum absolute atomic E-state index is 12.9. The highest BCUT2D eigenvalue weighted by Crippen LogP contribution is 2.25. The van der Waals surface area contributed by atoms with Crippen molar-refractivity contribution in [2.75, 3.05) is 5.75 Å². The summed E-state index contributed by atoms with van der Waals surface area (Å²) in [5.74, 6) is -1.33. The molecule has 0 bridgehead atoms. The molecule has 146 valence electrons. The second kappa shape index (κ2) is 7.59. The van der Waals surface area contributed by atoms with Crippen LogP contribution in [0.2, 0.25) is 0 Å². The van der Waals surface area contributed by atoms with Crippen molar-refractivity contribution in [1.29, 1.82) is 0 Å². The lowest BCUT2D eigenvalue weighted by Crippen LogP contribution is -2.26. The van der Waals surface area contributed by atoms with Crippen LogP contribution in [-0.4, -0.2) is 37.0 Å². The number of carbonyl (C=O) groups is 2. The number of nitrogens with one attached hydrogen (secondary N) is 1. The van der Waals surface area contributed by atoms with Crippen molar-refractivity contribution in [3.8, 4) is 0 Å². The number of rotatable bonds is 6. The van der Waals surface area contributed by atoms with Gasteiger partial charge in [-0.25, -0.2) is 13.2 Å². The first kappa shape index (κ1) is 19.8. The van der Waals surface area contributed by atoms with Gasteiger partial charge in [-0.1, -0.05) is 37.3 Å². The summed E-state index contributed by atoms with van der Waals surface area (Å²) in [5, 5.41) is 0.752. The number of aromatic nitrogens is 1. The van der Waals surface area contributed by atoms with Gasteiger partial charge in [0.1, 0.15) is 0 Å². The van der Waals surface area contributed by atoms with E-state index >= 15 is 0 Å². The Hall–Kier alpha value is -2.93. The van der Waals surface area contributed by atoms with Gasteiger partial charge in [-0.2, -0.15) is 0 Å². The van der Waals surface area contributed by atoms with Gasteiger partial charge in [-0.15, -0.1) is 0 Å². The molecule has 1 heterocycles. The lowest BCUT2D eigenvalue weighted by Gasteiger charge is -2.14. The predicted octanol–water partition coefficient (Wildman–Crippen LogP) is 3.70. The molecule has 28 heavy (non-hydrogen) atoms. The Balaban J connectivity index is 1.90. The van der Waals surface area contributed by atoms with Gasteiger partial charge >= 0.3 is 5.97 Å². The summed E-state index contributed by atoms with van der Waals surface area (Å²) in [6.07, 6.45) is -1.07. The van der Waals surface area contributed by atoms with Crippen LogP contribution in [0.25, 0.3) is 10.9 Å². The molecule has 0 aliphatic heterocycles. The Kier molecular flexibility index (Phi) is 5.38. The fraction of sp³-hybridized carbons (Fsp3) is 0.238. The average molecular weight is 399 g/mol. The van der Waals surface area contributed by atoms with Crippen LogP contribution < -0.4 is 0 Å². The largest absolute Gasteiger partial charge is 0.451 e. The Labute approximate surface area is 163 Å². The van der Waals surface area contributed by atoms with Gasteiger partial charge in [-0.05, 0) is 32.0 Å². The van der Waals surface area contributed by atoms with Crippen LogP contribution in [0.1, 0.15) is 40.3 Å². The van der Waals surface area contributed by atoms with Crippen molar-refractivity contribution in [3.63, 3.8) is 0 Å². The van der Waals surface area contributed by atoms with Crippen LogP contribution in [-0.2, 0) is 14.6 Å². The van der Waals surface area contributed by atoms with Crippen LogP contribution in [0.5, 0.6) is 0 Å². The van der Waals surface area contributed by atoms with E-state index in [2.05, 4.69) is 4.98 Å². The Morgan fingerprint density at radius 3 is 2.43 bits per heavy atom. The molecule has 1 atom stereocenters. The summed E-state index contributed by atoms with van der Waals surface area (Å²) in [6, 6.07) is 13.2. The van der Waals surface area contributed by atoms with Crippen molar-refractivity contribution in [3.05, 3.63) is 65.4 Å². The smallest absolute Gasteiger partial charge is 0.340 e. The molecular formula is C21H21NO5S. The summed E-state index contributed by atoms with van der Waals surface area (Å²) < 4.78 is 29.8. The number of hydrogen-bond donors (Lipinski definition) is 1. The number of para-hydroxylation sites is 1. The zero-order chi connectivity index (χ0) is 20.5. The van der Waals surface area contributed by atoms with Crippen molar-refractivity contribution >= 4 is 32.5 Å². The minimum Gasteiger partial charge on any atom is -0.451 e. The summed E-state index contributed by atoms with van der Waals surface area (Å²) in [4.78, 5) is 28.6. The molecule has 1 aromatic heterocycles. The highest BCUT2D eigenvalue weighted by molar-refractivity contribution is 7.91. The number of benzene rings is 2. The molecule has 7 heteroatoms. The number of sulfone groups is 1. The third-order valence-corrected chi connectivity index (χ3v) is 6.40. The number of esters is 1. The molecule has 0 unspecified atom stereocenters. The molecule has 0 aliphatic rings. The molecule has 3 rings (SSSR count). The summed E-state index contributed by atoms with van der Waals surface area (Å²) in [7, 11) is -3.60. The Morgan fingerprint density at radius 2 is 1.71 bits per heavy atom. The highest BCUT2D eigenvalue weighted by atomic mass is 32.2. The number of H-pyrrole nitrogens is 1. The van der Waals surface area contributed by atoms with Gasteiger partial charge in [0.2, 0.25) is 5.78 Å². The second-order valence-corrected chi connectivity index (χ2v) is 8.73. The zero-order valence-electron chi connectivity index (χ0n) is 15.9. The third kappa shape index (κ3) is 3.57. The number of carbonyl (C=O) groups excluding carboxylic acids is 2. The number of aromatic amines is 1. The SMILES string of the molecule is CCS(=O)(=O)c1ccccc1C(=O)O[C@H](C)C(=O)c1c(C)[nH]c2ccccc12. The van der Waals surface area contributed by atoms with E-state index in [0.717, 1.165) is 10.9 Å². The molecule has 2 aromatic carbocycles. The second-order valence-electron chi connectivity index (χ2n) is 6.48. The third-order valence-electron chi connectivity index (χ3n) is 4.62. The van der Waals surface area contributed by atoms with Crippen molar-refractivity contribution in [2.24, 2.45) is 0 Å². The van der Waals surface area contributed by atoms with Crippen molar-refractivity contribution in [1.82, 2.24) is 4.98 Å². The zero-order valence-corrected chi connectivity index (χ0v) is 16.7. The standard InChI is InChI=1S/C21H21NO5S/c1-4-28(25,26)18-12-8-6-10-16(18)21(24)27-14(3)20(23)19-13(2)22-17-11-7-5-9-15(17)19/h5-12,14,22H,4H2,1-3H3/t14-/m1/s1. The van der Waals surface area contributed by atoms with Crippen LogP contribution in [0.15, 0.2) is 53.4 Å². The molecule has 0 saturated carbocycles. The van der Waals surface area contributed by atoms with Gasteiger partial charge < -0.3 is 9.72 Å². The summed E-state index contributed by atoms with van der Waals surface area (Å²) >= 11 is 0. The maximum atomic E-state index is 12.9. The fourth-order valence-electron chi connectivity index (χ4n) is 3.14. The van der Waals surface area contributed by atoms with E-state index < -0.39 is 21.9 Å². The monoisotopic (exact) mass is 399 g/mol. The van der Waals surface area contributed by atoms with E-state index in [1.54, 1.807) is 19.1 Å². The Morgan fingerprint density at radius 1 is 1.07 bits per heavy atom. The molecule has 6 nitrogen and oxygen atoms in total. The number of ether oxygens (including phenoxy) is 1. The van der Waals surface area contributed by atoms with Crippen LogP contribution in [0, 0.1) is 6.92 Å². The number of Topliss-reactive ketones (excluding diaryl/α,β-unsaturated/α-hetero) is 1. The van der Waals surface area contributed by atoms with Crippen LogP contribution in [0.4, 0.5) is 0 Å². The van der Waals surface area contributed by atoms with Gasteiger partial charge in [0, 0.05) is 22.2 Å². The van der Waals surface area contributed by atoms with E-state index in [4.69, 9.17) is 4.74 Å². The Bertz CT molecular complexity index is 1160. The van der Waals surface area contributed by atoms with Crippen molar-refractivity contribution < 1.29 is 22.7 Å². The van der Waals surface area contributed by atoms with Gasteiger partial charge in [0.25, 0.3) is 0 Å².